The molecule has 0 spiro atoms. The molecular weight excluding hydrogens is 252 g/mol. The van der Waals surface area contributed by atoms with Crippen LogP contribution in [0.1, 0.15) is 33.6 Å². The molecule has 0 bridgehead atoms. The number of esters is 1. The summed E-state index contributed by atoms with van der Waals surface area (Å²) < 4.78 is 4.80. The summed E-state index contributed by atoms with van der Waals surface area (Å²) in [7, 11) is 0. The Morgan fingerprint density at radius 1 is 1.39 bits per heavy atom. The highest BCUT2D eigenvalue weighted by molar-refractivity contribution is 8.00. The van der Waals surface area contributed by atoms with Gasteiger partial charge in [-0.2, -0.15) is 0 Å². The predicted octanol–water partition coefficient (Wildman–Crippen LogP) is 0.915. The first-order chi connectivity index (χ1) is 8.52. The second-order valence-corrected chi connectivity index (χ2v) is 5.35. The van der Waals surface area contributed by atoms with Crippen molar-refractivity contribution in [1.82, 2.24) is 5.32 Å². The summed E-state index contributed by atoms with van der Waals surface area (Å²) in [4.78, 5) is 22.9. The number of amides is 1. The minimum atomic E-state index is -0.666. The van der Waals surface area contributed by atoms with Crippen molar-refractivity contribution in [3.8, 4) is 0 Å². The molecule has 1 amide bonds. The number of carbonyl (C=O) groups excluding carboxylic acids is 2. The Hall–Kier alpha value is -0.750. The molecule has 0 aliphatic heterocycles. The zero-order valence-electron chi connectivity index (χ0n) is 11.4. The Labute approximate surface area is 113 Å². The van der Waals surface area contributed by atoms with Crippen LogP contribution < -0.4 is 11.1 Å². The number of hydrogen-bond donors (Lipinski definition) is 2. The Balaban J connectivity index is 3.83. The van der Waals surface area contributed by atoms with E-state index in [1.165, 1.54) is 11.8 Å². The van der Waals surface area contributed by atoms with Crippen LogP contribution in [0.15, 0.2) is 0 Å². The molecule has 0 aromatic heterocycles. The fraction of sp³-hybridized carbons (Fsp3) is 0.833. The van der Waals surface area contributed by atoms with Gasteiger partial charge in [0, 0.05) is 12.3 Å². The van der Waals surface area contributed by atoms with E-state index >= 15 is 0 Å². The molecule has 3 N–H and O–H groups in total. The van der Waals surface area contributed by atoms with E-state index in [1.54, 1.807) is 6.92 Å². The van der Waals surface area contributed by atoms with Gasteiger partial charge in [0.25, 0.3) is 0 Å². The summed E-state index contributed by atoms with van der Waals surface area (Å²) in [6.45, 7) is 6.64. The molecule has 2 unspecified atom stereocenters. The van der Waals surface area contributed by atoms with Gasteiger partial charge in [0.15, 0.2) is 0 Å². The molecule has 5 nitrogen and oxygen atoms in total. The lowest BCUT2D eigenvalue weighted by Crippen LogP contribution is -2.37. The van der Waals surface area contributed by atoms with Crippen LogP contribution in [0.5, 0.6) is 0 Å². The van der Waals surface area contributed by atoms with Crippen molar-refractivity contribution in [3.05, 3.63) is 0 Å². The number of nitrogens with two attached hydrogens (primary N) is 1. The fourth-order valence-electron chi connectivity index (χ4n) is 1.17. The minimum absolute atomic E-state index is 0.00971. The van der Waals surface area contributed by atoms with Gasteiger partial charge in [-0.1, -0.05) is 13.3 Å². The largest absolute Gasteiger partial charge is 0.465 e. The maximum Gasteiger partial charge on any atom is 0.323 e. The number of nitrogens with one attached hydrogen (secondary N) is 1. The molecule has 0 aromatic rings. The second kappa shape index (κ2) is 10.2. The SMILES string of the molecule is CCCCNC(=O)C(C)SCC(N)C(=O)OCC. The summed E-state index contributed by atoms with van der Waals surface area (Å²) in [6.07, 6.45) is 2.03. The first-order valence-electron chi connectivity index (χ1n) is 6.34. The van der Waals surface area contributed by atoms with Gasteiger partial charge >= 0.3 is 5.97 Å². The van der Waals surface area contributed by atoms with Crippen molar-refractivity contribution in [2.24, 2.45) is 5.73 Å². The molecule has 0 aliphatic rings. The number of hydrogen-bond acceptors (Lipinski definition) is 5. The van der Waals surface area contributed by atoms with Gasteiger partial charge in [-0.05, 0) is 20.3 Å². The van der Waals surface area contributed by atoms with E-state index in [-0.39, 0.29) is 11.2 Å². The monoisotopic (exact) mass is 276 g/mol. The number of thioether (sulfide) groups is 1. The average Bonchev–Trinajstić information content (AvgIpc) is 2.35. The molecule has 2 atom stereocenters. The number of unbranched alkanes of at least 4 members (excludes halogenated alkanes) is 1. The van der Waals surface area contributed by atoms with Crippen LogP contribution in [0.2, 0.25) is 0 Å². The van der Waals surface area contributed by atoms with Crippen molar-refractivity contribution < 1.29 is 14.3 Å². The standard InChI is InChI=1S/C12H24N2O3S/c1-4-6-7-14-11(15)9(3)18-8-10(13)12(16)17-5-2/h9-10H,4-8,13H2,1-3H3,(H,14,15). The van der Waals surface area contributed by atoms with Gasteiger partial charge in [-0.25, -0.2) is 0 Å². The van der Waals surface area contributed by atoms with Gasteiger partial charge in [0.2, 0.25) is 5.91 Å². The Morgan fingerprint density at radius 3 is 2.61 bits per heavy atom. The van der Waals surface area contributed by atoms with Gasteiger partial charge in [-0.15, -0.1) is 11.8 Å². The van der Waals surface area contributed by atoms with Crippen molar-refractivity contribution in [2.75, 3.05) is 18.9 Å². The first kappa shape index (κ1) is 17.2. The summed E-state index contributed by atoms with van der Waals surface area (Å²) in [6, 6.07) is -0.666. The van der Waals surface area contributed by atoms with Gasteiger partial charge in [0.1, 0.15) is 6.04 Å². The van der Waals surface area contributed by atoms with E-state index in [0.717, 1.165) is 12.8 Å². The summed E-state index contributed by atoms with van der Waals surface area (Å²) >= 11 is 1.37. The lowest BCUT2D eigenvalue weighted by Gasteiger charge is -2.14. The van der Waals surface area contributed by atoms with E-state index in [0.29, 0.717) is 18.9 Å². The topological polar surface area (TPSA) is 81.4 Å². The molecule has 106 valence electrons. The smallest absolute Gasteiger partial charge is 0.323 e. The lowest BCUT2D eigenvalue weighted by atomic mass is 10.3. The number of ether oxygens (including phenoxy) is 1. The lowest BCUT2D eigenvalue weighted by molar-refractivity contribution is -0.144. The molecule has 0 aromatic carbocycles. The number of carbonyl (C=O) groups is 2. The maximum atomic E-state index is 11.6. The predicted molar refractivity (Wildman–Crippen MR) is 74.4 cm³/mol. The van der Waals surface area contributed by atoms with E-state index in [1.807, 2.05) is 6.92 Å². The third-order valence-corrected chi connectivity index (χ3v) is 3.58. The highest BCUT2D eigenvalue weighted by atomic mass is 32.2. The molecule has 0 fully saturated rings. The Morgan fingerprint density at radius 2 is 2.06 bits per heavy atom. The van der Waals surface area contributed by atoms with E-state index < -0.39 is 12.0 Å². The Bertz CT molecular complexity index is 262. The zero-order chi connectivity index (χ0) is 14.0. The third kappa shape index (κ3) is 7.55. The minimum Gasteiger partial charge on any atom is -0.465 e. The third-order valence-electron chi connectivity index (χ3n) is 2.31. The van der Waals surface area contributed by atoms with Gasteiger partial charge in [-0.3, -0.25) is 9.59 Å². The van der Waals surface area contributed by atoms with Crippen LogP contribution in [0, 0.1) is 0 Å². The van der Waals surface area contributed by atoms with Crippen LogP contribution in [-0.4, -0.2) is 42.1 Å². The summed E-state index contributed by atoms with van der Waals surface area (Å²) in [5, 5.41) is 2.64. The van der Waals surface area contributed by atoms with Crippen molar-refractivity contribution in [1.29, 1.82) is 0 Å². The van der Waals surface area contributed by atoms with Crippen LogP contribution in [0.4, 0.5) is 0 Å². The molecule has 0 radical (unpaired) electrons. The molecule has 0 rings (SSSR count). The van der Waals surface area contributed by atoms with Crippen LogP contribution in [-0.2, 0) is 14.3 Å². The van der Waals surface area contributed by atoms with Gasteiger partial charge < -0.3 is 15.8 Å². The molecule has 0 heterocycles. The first-order valence-corrected chi connectivity index (χ1v) is 7.39. The zero-order valence-corrected chi connectivity index (χ0v) is 12.2. The molecule has 6 heteroatoms. The quantitative estimate of drug-likeness (QED) is 0.483. The normalized spacial score (nSPS) is 13.8. The average molecular weight is 276 g/mol. The van der Waals surface area contributed by atoms with E-state index in [9.17, 15) is 9.59 Å². The highest BCUT2D eigenvalue weighted by Crippen LogP contribution is 2.11. The second-order valence-electron chi connectivity index (χ2n) is 3.98. The van der Waals surface area contributed by atoms with Crippen LogP contribution >= 0.6 is 11.8 Å². The van der Waals surface area contributed by atoms with E-state index in [2.05, 4.69) is 12.2 Å². The van der Waals surface area contributed by atoms with E-state index in [4.69, 9.17) is 10.5 Å². The molecule has 18 heavy (non-hydrogen) atoms. The van der Waals surface area contributed by atoms with Crippen LogP contribution in [0.25, 0.3) is 0 Å². The molecule has 0 aliphatic carbocycles. The number of rotatable bonds is 9. The molecule has 0 saturated carbocycles. The van der Waals surface area contributed by atoms with Crippen molar-refractivity contribution >= 4 is 23.6 Å². The van der Waals surface area contributed by atoms with Crippen molar-refractivity contribution in [3.63, 3.8) is 0 Å². The highest BCUT2D eigenvalue weighted by Gasteiger charge is 2.19. The molecule has 0 saturated heterocycles. The maximum absolute atomic E-state index is 11.6. The molecular formula is C12H24N2O3S. The van der Waals surface area contributed by atoms with Gasteiger partial charge in [0.05, 0.1) is 11.9 Å². The summed E-state index contributed by atoms with van der Waals surface area (Å²) in [5.41, 5.74) is 5.65. The van der Waals surface area contributed by atoms with Crippen molar-refractivity contribution in [2.45, 2.75) is 44.9 Å². The summed E-state index contributed by atoms with van der Waals surface area (Å²) in [5.74, 6) is -0.0330. The Kier molecular flexibility index (Phi) is 9.77. The fourth-order valence-corrected chi connectivity index (χ4v) is 2.04. The van der Waals surface area contributed by atoms with Crippen LogP contribution in [0.3, 0.4) is 0 Å².